The Morgan fingerprint density at radius 2 is 1.32 bits per heavy atom. The molecule has 0 saturated carbocycles. The average Bonchev–Trinajstić information content (AvgIpc) is 2.25. The number of aliphatic hydroxyl groups is 1. The van der Waals surface area contributed by atoms with Crippen LogP contribution >= 0.6 is 0 Å². The fourth-order valence-electron chi connectivity index (χ4n) is 1.48. The van der Waals surface area contributed by atoms with Gasteiger partial charge in [-0.1, -0.05) is 36.4 Å². The smallest absolute Gasteiger partial charge is 0.369 e. The summed E-state index contributed by atoms with van der Waals surface area (Å²) in [5, 5.41) is 9.11. The molecule has 0 amide bonds. The number of allylic oxidation sites excluding steroid dienone is 1. The molecule has 0 aliphatic heterocycles. The lowest BCUT2D eigenvalue weighted by molar-refractivity contribution is -0.376. The quantitative estimate of drug-likeness (QED) is 0.813. The molecule has 0 unspecified atom stereocenters. The second kappa shape index (κ2) is 4.56. The summed E-state index contributed by atoms with van der Waals surface area (Å²) in [5.41, 5.74) is -5.30. The van der Waals surface area contributed by atoms with E-state index >= 15 is 0 Å². The van der Waals surface area contributed by atoms with Crippen LogP contribution in [-0.2, 0) is 5.60 Å². The maximum atomic E-state index is 12.6. The van der Waals surface area contributed by atoms with Gasteiger partial charge in [0, 0.05) is 5.56 Å². The lowest BCUT2D eigenvalue weighted by atomic mass is 9.91. The Hall–Kier alpha value is -1.50. The summed E-state index contributed by atoms with van der Waals surface area (Å²) in [6.45, 7) is 5.06. The van der Waals surface area contributed by atoms with E-state index in [2.05, 4.69) is 6.58 Å². The number of hydrogen-bond acceptors (Lipinski definition) is 1. The van der Waals surface area contributed by atoms with Crippen LogP contribution in [0.25, 0.3) is 5.57 Å². The van der Waals surface area contributed by atoms with Gasteiger partial charge in [0.2, 0.25) is 0 Å². The van der Waals surface area contributed by atoms with E-state index in [4.69, 9.17) is 5.11 Å². The first kappa shape index (κ1) is 15.6. The normalized spacial score (nSPS) is 13.5. The number of rotatable bonds is 2. The summed E-state index contributed by atoms with van der Waals surface area (Å²) in [6, 6.07) is 3.26. The van der Waals surface area contributed by atoms with Crippen molar-refractivity contribution in [3.05, 3.63) is 42.0 Å². The maximum absolute atomic E-state index is 12.6. The van der Waals surface area contributed by atoms with Crippen LogP contribution in [-0.4, -0.2) is 17.5 Å². The molecule has 0 heterocycles. The van der Waals surface area contributed by atoms with Crippen molar-refractivity contribution in [3.63, 3.8) is 0 Å². The molecular weight excluding hydrogens is 274 g/mol. The van der Waals surface area contributed by atoms with E-state index in [0.717, 1.165) is 12.1 Å². The first-order valence-corrected chi connectivity index (χ1v) is 5.03. The highest BCUT2D eigenvalue weighted by Gasteiger charge is 2.71. The Morgan fingerprint density at radius 1 is 0.947 bits per heavy atom. The van der Waals surface area contributed by atoms with Gasteiger partial charge in [-0.15, -0.1) is 0 Å². The van der Waals surface area contributed by atoms with Crippen molar-refractivity contribution < 1.29 is 31.4 Å². The molecule has 7 heteroatoms. The van der Waals surface area contributed by atoms with Gasteiger partial charge in [-0.3, -0.25) is 0 Å². The Balaban J connectivity index is 3.40. The molecule has 1 N–H and O–H groups in total. The molecule has 0 saturated heterocycles. The van der Waals surface area contributed by atoms with Gasteiger partial charge in [-0.25, -0.2) is 0 Å². The van der Waals surface area contributed by atoms with Crippen LogP contribution in [0.15, 0.2) is 30.8 Å². The molecule has 0 aromatic heterocycles. The SMILES string of the molecule is C=C(C)c1ccc(C(O)(C(F)(F)F)C(F)(F)F)cc1. The predicted molar refractivity (Wildman–Crippen MR) is 57.2 cm³/mol. The van der Waals surface area contributed by atoms with E-state index in [1.54, 1.807) is 6.92 Å². The summed E-state index contributed by atoms with van der Waals surface area (Å²) >= 11 is 0. The summed E-state index contributed by atoms with van der Waals surface area (Å²) in [6.07, 6.45) is -11.7. The van der Waals surface area contributed by atoms with E-state index in [1.165, 1.54) is 0 Å². The van der Waals surface area contributed by atoms with Gasteiger partial charge in [0.05, 0.1) is 0 Å². The van der Waals surface area contributed by atoms with Crippen LogP contribution in [0.5, 0.6) is 0 Å². The molecule has 0 atom stereocenters. The first-order valence-electron chi connectivity index (χ1n) is 5.03. The van der Waals surface area contributed by atoms with Crippen molar-refractivity contribution in [2.75, 3.05) is 0 Å². The maximum Gasteiger partial charge on any atom is 0.430 e. The number of benzene rings is 1. The highest BCUT2D eigenvalue weighted by atomic mass is 19.4. The van der Waals surface area contributed by atoms with Gasteiger partial charge in [-0.2, -0.15) is 26.3 Å². The molecule has 1 nitrogen and oxygen atoms in total. The first-order chi connectivity index (χ1) is 8.41. The van der Waals surface area contributed by atoms with Crippen molar-refractivity contribution in [1.82, 2.24) is 0 Å². The minimum absolute atomic E-state index is 0.385. The summed E-state index contributed by atoms with van der Waals surface area (Å²) in [4.78, 5) is 0. The molecule has 0 radical (unpaired) electrons. The van der Waals surface area contributed by atoms with Crippen molar-refractivity contribution in [3.8, 4) is 0 Å². The van der Waals surface area contributed by atoms with E-state index < -0.39 is 23.5 Å². The highest BCUT2D eigenvalue weighted by Crippen LogP contribution is 2.49. The van der Waals surface area contributed by atoms with Gasteiger partial charge in [0.25, 0.3) is 5.60 Å². The molecule has 0 bridgehead atoms. The summed E-state index contributed by atoms with van der Waals surface area (Å²) in [5.74, 6) is 0. The van der Waals surface area contributed by atoms with Gasteiger partial charge in [0.1, 0.15) is 0 Å². The van der Waals surface area contributed by atoms with Gasteiger partial charge >= 0.3 is 12.4 Å². The Morgan fingerprint density at radius 3 is 1.58 bits per heavy atom. The molecule has 0 aliphatic rings. The van der Waals surface area contributed by atoms with Gasteiger partial charge in [-0.05, 0) is 12.5 Å². The fraction of sp³-hybridized carbons (Fsp3) is 0.333. The molecule has 0 spiro atoms. The molecule has 1 aromatic carbocycles. The monoisotopic (exact) mass is 284 g/mol. The van der Waals surface area contributed by atoms with E-state index in [9.17, 15) is 26.3 Å². The number of alkyl halides is 6. The minimum Gasteiger partial charge on any atom is -0.369 e. The van der Waals surface area contributed by atoms with E-state index in [-0.39, 0.29) is 0 Å². The minimum atomic E-state index is -5.87. The zero-order chi connectivity index (χ0) is 15.1. The fourth-order valence-corrected chi connectivity index (χ4v) is 1.48. The Bertz CT molecular complexity index is 454. The second-order valence-electron chi connectivity index (χ2n) is 4.06. The molecular formula is C12H10F6O. The third kappa shape index (κ3) is 2.60. The van der Waals surface area contributed by atoms with E-state index in [0.29, 0.717) is 23.3 Å². The molecule has 19 heavy (non-hydrogen) atoms. The largest absolute Gasteiger partial charge is 0.430 e. The van der Waals surface area contributed by atoms with Crippen molar-refractivity contribution in [1.29, 1.82) is 0 Å². The van der Waals surface area contributed by atoms with Crippen molar-refractivity contribution in [2.45, 2.75) is 24.9 Å². The van der Waals surface area contributed by atoms with Gasteiger partial charge in [0.15, 0.2) is 0 Å². The molecule has 106 valence electrons. The van der Waals surface area contributed by atoms with Crippen LogP contribution in [0.4, 0.5) is 26.3 Å². The van der Waals surface area contributed by atoms with Crippen LogP contribution < -0.4 is 0 Å². The molecule has 0 aliphatic carbocycles. The van der Waals surface area contributed by atoms with Crippen LogP contribution in [0, 0.1) is 0 Å². The zero-order valence-electron chi connectivity index (χ0n) is 9.73. The zero-order valence-corrected chi connectivity index (χ0v) is 9.73. The van der Waals surface area contributed by atoms with Crippen molar-refractivity contribution >= 4 is 5.57 Å². The Labute approximate surface area is 105 Å². The molecule has 0 fully saturated rings. The summed E-state index contributed by atoms with van der Waals surface area (Å²) < 4.78 is 75.3. The third-order valence-electron chi connectivity index (χ3n) is 2.62. The van der Waals surface area contributed by atoms with Crippen LogP contribution in [0.2, 0.25) is 0 Å². The lowest BCUT2D eigenvalue weighted by Gasteiger charge is -2.32. The van der Waals surface area contributed by atoms with Crippen molar-refractivity contribution in [2.24, 2.45) is 0 Å². The van der Waals surface area contributed by atoms with Crippen LogP contribution in [0.1, 0.15) is 18.1 Å². The molecule has 1 rings (SSSR count). The van der Waals surface area contributed by atoms with E-state index in [1.807, 2.05) is 0 Å². The average molecular weight is 284 g/mol. The van der Waals surface area contributed by atoms with Gasteiger partial charge < -0.3 is 5.11 Å². The standard InChI is InChI=1S/C12H10F6O/c1-7(2)8-3-5-9(6-4-8)10(19,11(13,14)15)12(16,17)18/h3-6,19H,1H2,2H3. The lowest BCUT2D eigenvalue weighted by Crippen LogP contribution is -2.53. The predicted octanol–water partition coefficient (Wildman–Crippen LogP) is 4.03. The van der Waals surface area contributed by atoms with Crippen LogP contribution in [0.3, 0.4) is 0 Å². The number of halogens is 6. The third-order valence-corrected chi connectivity index (χ3v) is 2.62. The highest BCUT2D eigenvalue weighted by molar-refractivity contribution is 5.61. The Kier molecular flexibility index (Phi) is 3.73. The summed E-state index contributed by atoms with van der Waals surface area (Å²) in [7, 11) is 0. The number of hydrogen-bond donors (Lipinski definition) is 1. The second-order valence-corrected chi connectivity index (χ2v) is 4.06. The topological polar surface area (TPSA) is 20.2 Å². The molecule has 1 aromatic rings.